The Morgan fingerprint density at radius 1 is 1.35 bits per heavy atom. The predicted octanol–water partition coefficient (Wildman–Crippen LogP) is 1.38. The van der Waals surface area contributed by atoms with Crippen molar-refractivity contribution in [1.29, 1.82) is 0 Å². The van der Waals surface area contributed by atoms with Gasteiger partial charge in [0.2, 0.25) is 11.7 Å². The number of methoxy groups -OCH3 is 2. The van der Waals surface area contributed by atoms with E-state index < -0.39 is 11.6 Å². The third-order valence-electron chi connectivity index (χ3n) is 3.05. The van der Waals surface area contributed by atoms with Gasteiger partial charge in [-0.25, -0.2) is 0 Å². The van der Waals surface area contributed by atoms with Crippen LogP contribution >= 0.6 is 0 Å². The third kappa shape index (κ3) is 2.83. The molecular formula is C11H21N3O3. The van der Waals surface area contributed by atoms with Crippen LogP contribution < -0.4 is 5.73 Å². The zero-order valence-corrected chi connectivity index (χ0v) is 10.9. The van der Waals surface area contributed by atoms with E-state index in [0.717, 1.165) is 12.8 Å². The Morgan fingerprint density at radius 3 is 2.47 bits per heavy atom. The summed E-state index contributed by atoms with van der Waals surface area (Å²) in [5.41, 5.74) is 5.33. The topological polar surface area (TPSA) is 83.4 Å². The summed E-state index contributed by atoms with van der Waals surface area (Å²) in [6.07, 6.45) is 1.55. The van der Waals surface area contributed by atoms with E-state index in [9.17, 15) is 0 Å². The minimum Gasteiger partial charge on any atom is -0.383 e. The molecule has 1 aromatic heterocycles. The van der Waals surface area contributed by atoms with Gasteiger partial charge >= 0.3 is 0 Å². The van der Waals surface area contributed by atoms with Crippen LogP contribution in [0.1, 0.15) is 44.4 Å². The maximum Gasteiger partial charge on any atom is 0.246 e. The molecule has 0 aromatic carbocycles. The van der Waals surface area contributed by atoms with Crippen LogP contribution in [-0.2, 0) is 15.1 Å². The van der Waals surface area contributed by atoms with Gasteiger partial charge in [0.15, 0.2) is 0 Å². The Bertz CT molecular complexity index is 328. The lowest BCUT2D eigenvalue weighted by atomic mass is 9.96. The maximum atomic E-state index is 5.82. The van der Waals surface area contributed by atoms with Crippen molar-refractivity contribution in [2.45, 2.75) is 38.3 Å². The van der Waals surface area contributed by atoms with Crippen molar-refractivity contribution in [2.24, 2.45) is 5.73 Å². The van der Waals surface area contributed by atoms with E-state index in [2.05, 4.69) is 10.1 Å². The second kappa shape index (κ2) is 6.09. The molecule has 1 heterocycles. The van der Waals surface area contributed by atoms with Gasteiger partial charge in [-0.3, -0.25) is 0 Å². The average Bonchev–Trinajstić information content (AvgIpc) is 2.83. The fraction of sp³-hybridized carbons (Fsp3) is 0.818. The first kappa shape index (κ1) is 14.1. The molecule has 0 aliphatic heterocycles. The number of nitrogens with zero attached hydrogens (tertiary/aromatic N) is 2. The monoisotopic (exact) mass is 243 g/mol. The summed E-state index contributed by atoms with van der Waals surface area (Å²) in [6.45, 7) is 4.40. The minimum absolute atomic E-state index is 0.347. The lowest BCUT2D eigenvalue weighted by molar-refractivity contribution is -0.0306. The van der Waals surface area contributed by atoms with Gasteiger partial charge in [0.25, 0.3) is 0 Å². The highest BCUT2D eigenvalue weighted by atomic mass is 16.5. The van der Waals surface area contributed by atoms with Crippen LogP contribution in [0, 0.1) is 0 Å². The molecule has 98 valence electrons. The van der Waals surface area contributed by atoms with Gasteiger partial charge in [-0.1, -0.05) is 19.0 Å². The number of hydrogen-bond donors (Lipinski definition) is 1. The van der Waals surface area contributed by atoms with Gasteiger partial charge in [-0.05, 0) is 12.8 Å². The summed E-state index contributed by atoms with van der Waals surface area (Å²) in [4.78, 5) is 4.31. The largest absolute Gasteiger partial charge is 0.383 e. The molecule has 2 N–H and O–H groups in total. The second-order valence-electron chi connectivity index (χ2n) is 3.92. The molecule has 1 unspecified atom stereocenters. The van der Waals surface area contributed by atoms with E-state index in [4.69, 9.17) is 19.7 Å². The molecule has 17 heavy (non-hydrogen) atoms. The molecular weight excluding hydrogens is 222 g/mol. The molecule has 1 aromatic rings. The molecule has 0 radical (unpaired) electrons. The zero-order valence-electron chi connectivity index (χ0n) is 10.9. The first-order chi connectivity index (χ1) is 8.13. The van der Waals surface area contributed by atoms with Gasteiger partial charge in [0.05, 0.1) is 6.61 Å². The van der Waals surface area contributed by atoms with Crippen LogP contribution in [0.15, 0.2) is 4.52 Å². The van der Waals surface area contributed by atoms with Gasteiger partial charge in [0, 0.05) is 14.2 Å². The van der Waals surface area contributed by atoms with Crippen molar-refractivity contribution in [3.05, 3.63) is 11.7 Å². The molecule has 6 nitrogen and oxygen atoms in total. The fourth-order valence-electron chi connectivity index (χ4n) is 1.77. The molecule has 0 aliphatic rings. The zero-order chi connectivity index (χ0) is 12.9. The van der Waals surface area contributed by atoms with Crippen LogP contribution in [0.3, 0.4) is 0 Å². The molecule has 0 amide bonds. The Balaban J connectivity index is 2.92. The number of rotatable bonds is 7. The van der Waals surface area contributed by atoms with Crippen molar-refractivity contribution in [3.63, 3.8) is 0 Å². The van der Waals surface area contributed by atoms with Crippen LogP contribution in [0.5, 0.6) is 0 Å². The smallest absolute Gasteiger partial charge is 0.246 e. The first-order valence-corrected chi connectivity index (χ1v) is 5.77. The van der Waals surface area contributed by atoms with Crippen molar-refractivity contribution in [3.8, 4) is 0 Å². The molecule has 0 saturated heterocycles. The number of hydrogen-bond acceptors (Lipinski definition) is 6. The maximum absolute atomic E-state index is 5.82. The number of nitrogens with two attached hydrogens (primary N) is 1. The van der Waals surface area contributed by atoms with Crippen LogP contribution in [-0.4, -0.2) is 31.0 Å². The van der Waals surface area contributed by atoms with Crippen LogP contribution in [0.2, 0.25) is 0 Å². The van der Waals surface area contributed by atoms with Gasteiger partial charge in [-0.15, -0.1) is 0 Å². The van der Waals surface area contributed by atoms with E-state index >= 15 is 0 Å². The molecule has 1 atom stereocenters. The third-order valence-corrected chi connectivity index (χ3v) is 3.05. The lowest BCUT2D eigenvalue weighted by Crippen LogP contribution is -2.28. The molecule has 0 fully saturated rings. The summed E-state index contributed by atoms with van der Waals surface area (Å²) in [6, 6.07) is -0.399. The average molecular weight is 243 g/mol. The summed E-state index contributed by atoms with van der Waals surface area (Å²) < 4.78 is 15.6. The first-order valence-electron chi connectivity index (χ1n) is 5.77. The predicted molar refractivity (Wildman–Crippen MR) is 62.4 cm³/mol. The lowest BCUT2D eigenvalue weighted by Gasteiger charge is -2.25. The van der Waals surface area contributed by atoms with Crippen LogP contribution in [0.25, 0.3) is 0 Å². The molecule has 1 rings (SSSR count). The molecule has 6 heteroatoms. The molecule has 0 aliphatic carbocycles. The summed E-state index contributed by atoms with van der Waals surface area (Å²) in [5.74, 6) is 0.928. The minimum atomic E-state index is -0.492. The summed E-state index contributed by atoms with van der Waals surface area (Å²) in [5, 5.41) is 3.96. The van der Waals surface area contributed by atoms with Crippen molar-refractivity contribution >= 4 is 0 Å². The number of aromatic nitrogens is 2. The molecule has 0 bridgehead atoms. The second-order valence-corrected chi connectivity index (χ2v) is 3.92. The Morgan fingerprint density at radius 2 is 2.00 bits per heavy atom. The van der Waals surface area contributed by atoms with E-state index in [0.29, 0.717) is 18.3 Å². The quantitative estimate of drug-likeness (QED) is 0.778. The van der Waals surface area contributed by atoms with E-state index in [1.165, 1.54) is 0 Å². The Labute approximate surface area is 101 Å². The van der Waals surface area contributed by atoms with Crippen molar-refractivity contribution < 1.29 is 14.0 Å². The normalized spacial score (nSPS) is 13.9. The summed E-state index contributed by atoms with van der Waals surface area (Å²) >= 11 is 0. The summed E-state index contributed by atoms with van der Waals surface area (Å²) in [7, 11) is 3.23. The Hall–Kier alpha value is -0.980. The van der Waals surface area contributed by atoms with Crippen molar-refractivity contribution in [1.82, 2.24) is 10.1 Å². The highest BCUT2D eigenvalue weighted by Crippen LogP contribution is 2.30. The van der Waals surface area contributed by atoms with Gasteiger partial charge in [-0.2, -0.15) is 4.98 Å². The standard InChI is InChI=1S/C11H21N3O3/c1-5-11(6-2,16-4)10-13-9(17-14-10)8(12)7-15-3/h8H,5-7,12H2,1-4H3. The van der Waals surface area contributed by atoms with Gasteiger partial charge in [0.1, 0.15) is 11.6 Å². The fourth-order valence-corrected chi connectivity index (χ4v) is 1.77. The van der Waals surface area contributed by atoms with E-state index in [1.807, 2.05) is 13.8 Å². The van der Waals surface area contributed by atoms with Gasteiger partial charge < -0.3 is 19.7 Å². The Kier molecular flexibility index (Phi) is 5.04. The molecule has 0 spiro atoms. The van der Waals surface area contributed by atoms with E-state index in [1.54, 1.807) is 14.2 Å². The van der Waals surface area contributed by atoms with Crippen molar-refractivity contribution in [2.75, 3.05) is 20.8 Å². The van der Waals surface area contributed by atoms with E-state index in [-0.39, 0.29) is 0 Å². The highest BCUT2D eigenvalue weighted by Gasteiger charge is 2.34. The SMILES string of the molecule is CCC(CC)(OC)c1noc(C(N)COC)n1. The van der Waals surface area contributed by atoms with Crippen LogP contribution in [0.4, 0.5) is 0 Å². The highest BCUT2D eigenvalue weighted by molar-refractivity contribution is 5.02. The number of ether oxygens (including phenoxy) is 2. The molecule has 0 saturated carbocycles.